The zero-order valence-electron chi connectivity index (χ0n) is 22.6. The average Bonchev–Trinajstić information content (AvgIpc) is 3.66. The van der Waals surface area contributed by atoms with Gasteiger partial charge >= 0.3 is 6.09 Å². The fraction of sp³-hybridized carbons (Fsp3) is 0.379. The standard InChI is InChI=1S/C29H33N5O6/c1-20(6-3-4-12-32-19-22(11-14-35)30-31-32)29(38)25-17-24(39-2)9-10-26(25)34(27(29)36)18-21-7-5-8-23(16-21)33-13-15-40-28(33)37/h3,5-10,16-17,19-20,35,38H,4,11-15,18H2,1-2H3/b6-3+/t20-,29+/m0/s1. The number of methoxy groups -OCH3 is 1. The van der Waals surface area contributed by atoms with Crippen molar-refractivity contribution >= 4 is 23.4 Å². The molecule has 2 aliphatic rings. The number of cyclic esters (lactones) is 1. The van der Waals surface area contributed by atoms with E-state index in [1.807, 2.05) is 43.3 Å². The Balaban J connectivity index is 1.36. The summed E-state index contributed by atoms with van der Waals surface area (Å²) in [7, 11) is 1.55. The molecule has 1 fully saturated rings. The molecule has 5 rings (SSSR count). The molecule has 0 aliphatic carbocycles. The highest BCUT2D eigenvalue weighted by Crippen LogP contribution is 2.47. The average molecular weight is 548 g/mol. The van der Waals surface area contributed by atoms with Crippen LogP contribution < -0.4 is 14.5 Å². The molecular weight excluding hydrogens is 514 g/mol. The lowest BCUT2D eigenvalue weighted by molar-refractivity contribution is -0.139. The van der Waals surface area contributed by atoms with E-state index < -0.39 is 23.5 Å². The van der Waals surface area contributed by atoms with E-state index in [-0.39, 0.29) is 13.2 Å². The van der Waals surface area contributed by atoms with Crippen LogP contribution in [0.15, 0.2) is 60.8 Å². The van der Waals surface area contributed by atoms with Crippen molar-refractivity contribution in [2.45, 2.75) is 38.5 Å². The largest absolute Gasteiger partial charge is 0.497 e. The minimum Gasteiger partial charge on any atom is -0.497 e. The van der Waals surface area contributed by atoms with Crippen LogP contribution in [0.3, 0.4) is 0 Å². The van der Waals surface area contributed by atoms with Crippen molar-refractivity contribution in [3.63, 3.8) is 0 Å². The number of hydrogen-bond donors (Lipinski definition) is 2. The second-order valence-electron chi connectivity index (χ2n) is 9.93. The number of rotatable bonds is 11. The van der Waals surface area contributed by atoms with E-state index in [0.29, 0.717) is 55.2 Å². The van der Waals surface area contributed by atoms with E-state index in [9.17, 15) is 14.7 Å². The molecule has 1 aromatic heterocycles. The Hall–Kier alpha value is -4.22. The number of amides is 2. The number of carbonyl (C=O) groups excluding carboxylic acids is 2. The molecule has 210 valence electrons. The first-order valence-electron chi connectivity index (χ1n) is 13.3. The first-order chi connectivity index (χ1) is 19.3. The number of aliphatic hydroxyl groups excluding tert-OH is 1. The van der Waals surface area contributed by atoms with Crippen molar-refractivity contribution in [1.29, 1.82) is 0 Å². The zero-order valence-corrected chi connectivity index (χ0v) is 22.6. The molecular formula is C29H33N5O6. The maximum atomic E-state index is 13.9. The number of aromatic nitrogens is 3. The number of aryl methyl sites for hydroxylation is 1. The van der Waals surface area contributed by atoms with E-state index in [2.05, 4.69) is 10.3 Å². The van der Waals surface area contributed by atoms with Gasteiger partial charge < -0.3 is 24.6 Å². The van der Waals surface area contributed by atoms with Crippen LogP contribution >= 0.6 is 0 Å². The Morgan fingerprint density at radius 3 is 2.83 bits per heavy atom. The molecule has 0 unspecified atom stereocenters. The van der Waals surface area contributed by atoms with Crippen molar-refractivity contribution in [2.75, 3.05) is 36.7 Å². The number of anilines is 2. The Labute approximate surface area is 232 Å². The van der Waals surface area contributed by atoms with Crippen molar-refractivity contribution in [3.8, 4) is 5.75 Å². The van der Waals surface area contributed by atoms with Gasteiger partial charge in [-0.1, -0.05) is 36.4 Å². The van der Waals surface area contributed by atoms with Gasteiger partial charge in [0.2, 0.25) is 0 Å². The van der Waals surface area contributed by atoms with Gasteiger partial charge in [-0.3, -0.25) is 14.4 Å². The molecule has 11 heteroatoms. The molecule has 2 amide bonds. The molecule has 40 heavy (non-hydrogen) atoms. The van der Waals surface area contributed by atoms with Gasteiger partial charge in [-0.15, -0.1) is 5.10 Å². The van der Waals surface area contributed by atoms with E-state index in [1.54, 1.807) is 46.0 Å². The van der Waals surface area contributed by atoms with Crippen molar-refractivity contribution in [1.82, 2.24) is 15.0 Å². The summed E-state index contributed by atoms with van der Waals surface area (Å²) in [5.41, 5.74) is 1.54. The molecule has 0 saturated carbocycles. The number of fused-ring (bicyclic) bond motifs is 1. The molecule has 0 bridgehead atoms. The van der Waals surface area contributed by atoms with Crippen molar-refractivity contribution in [3.05, 3.63) is 77.6 Å². The predicted octanol–water partition coefficient (Wildman–Crippen LogP) is 2.80. The van der Waals surface area contributed by atoms with E-state index in [4.69, 9.17) is 14.6 Å². The third kappa shape index (κ3) is 5.17. The summed E-state index contributed by atoms with van der Waals surface area (Å²) in [6, 6.07) is 12.7. The summed E-state index contributed by atoms with van der Waals surface area (Å²) in [5.74, 6) is -0.423. The maximum Gasteiger partial charge on any atom is 0.414 e. The van der Waals surface area contributed by atoms with Gasteiger partial charge in [0.1, 0.15) is 12.4 Å². The predicted molar refractivity (Wildman–Crippen MR) is 147 cm³/mol. The summed E-state index contributed by atoms with van der Waals surface area (Å²) >= 11 is 0. The molecule has 2 N–H and O–H groups in total. The highest BCUT2D eigenvalue weighted by Gasteiger charge is 2.52. The first-order valence-corrected chi connectivity index (χ1v) is 13.3. The number of carbonyl (C=O) groups is 2. The first kappa shape index (κ1) is 27.4. The molecule has 11 nitrogen and oxygen atoms in total. The van der Waals surface area contributed by atoms with E-state index >= 15 is 0 Å². The van der Waals surface area contributed by atoms with Crippen molar-refractivity contribution < 1.29 is 29.3 Å². The Morgan fingerprint density at radius 1 is 1.23 bits per heavy atom. The number of aliphatic hydroxyl groups is 2. The number of nitrogens with zero attached hydrogens (tertiary/aromatic N) is 5. The van der Waals surface area contributed by atoms with Crippen LogP contribution in [0.2, 0.25) is 0 Å². The van der Waals surface area contributed by atoms with Gasteiger partial charge in [-0.2, -0.15) is 0 Å². The lowest BCUT2D eigenvalue weighted by atomic mass is 9.83. The number of allylic oxidation sites excluding steroid dienone is 1. The van der Waals surface area contributed by atoms with Crippen LogP contribution in [-0.2, 0) is 34.6 Å². The lowest BCUT2D eigenvalue weighted by Crippen LogP contribution is -2.44. The Morgan fingerprint density at radius 2 is 2.08 bits per heavy atom. The van der Waals surface area contributed by atoms with Crippen LogP contribution in [0.1, 0.15) is 30.2 Å². The van der Waals surface area contributed by atoms with Gasteiger partial charge in [-0.05, 0) is 42.3 Å². The summed E-state index contributed by atoms with van der Waals surface area (Å²) in [4.78, 5) is 29.1. The topological polar surface area (TPSA) is 130 Å². The van der Waals surface area contributed by atoms with Gasteiger partial charge in [0.05, 0.1) is 31.6 Å². The van der Waals surface area contributed by atoms with Gasteiger partial charge in [0.25, 0.3) is 5.91 Å². The van der Waals surface area contributed by atoms with Crippen LogP contribution in [-0.4, -0.2) is 64.1 Å². The molecule has 2 atom stereocenters. The third-order valence-electron chi connectivity index (χ3n) is 7.36. The summed E-state index contributed by atoms with van der Waals surface area (Å²) in [6.07, 6.45) is 6.24. The fourth-order valence-corrected chi connectivity index (χ4v) is 5.17. The Kier molecular flexibility index (Phi) is 7.85. The number of hydrogen-bond acceptors (Lipinski definition) is 8. The van der Waals surface area contributed by atoms with Gasteiger partial charge in [0, 0.05) is 42.9 Å². The number of benzene rings is 2. The summed E-state index contributed by atoms with van der Waals surface area (Å²) in [6.45, 7) is 3.43. The maximum absolute atomic E-state index is 13.9. The zero-order chi connectivity index (χ0) is 28.3. The van der Waals surface area contributed by atoms with Crippen molar-refractivity contribution in [2.24, 2.45) is 5.92 Å². The van der Waals surface area contributed by atoms with Crippen LogP contribution in [0.4, 0.5) is 16.2 Å². The summed E-state index contributed by atoms with van der Waals surface area (Å²) in [5, 5.41) is 29.1. The number of ether oxygens (including phenoxy) is 2. The third-order valence-corrected chi connectivity index (χ3v) is 7.36. The second kappa shape index (κ2) is 11.5. The van der Waals surface area contributed by atoms with Gasteiger partial charge in [0.15, 0.2) is 5.60 Å². The molecule has 2 aliphatic heterocycles. The smallest absolute Gasteiger partial charge is 0.414 e. The molecule has 3 heterocycles. The quantitative estimate of drug-likeness (QED) is 0.351. The molecule has 1 saturated heterocycles. The minimum atomic E-state index is -1.79. The molecule has 0 spiro atoms. The summed E-state index contributed by atoms with van der Waals surface area (Å²) < 4.78 is 12.2. The highest BCUT2D eigenvalue weighted by molar-refractivity contribution is 6.07. The minimum absolute atomic E-state index is 0.0184. The molecule has 0 radical (unpaired) electrons. The van der Waals surface area contributed by atoms with Crippen LogP contribution in [0.5, 0.6) is 5.75 Å². The lowest BCUT2D eigenvalue weighted by Gasteiger charge is -2.28. The monoisotopic (exact) mass is 547 g/mol. The fourth-order valence-electron chi connectivity index (χ4n) is 5.17. The molecule has 2 aromatic carbocycles. The second-order valence-corrected chi connectivity index (χ2v) is 9.93. The normalized spacial score (nSPS) is 19.4. The molecule has 3 aromatic rings. The Bertz CT molecular complexity index is 1420. The van der Waals surface area contributed by atoms with Crippen LogP contribution in [0, 0.1) is 5.92 Å². The van der Waals surface area contributed by atoms with E-state index in [0.717, 1.165) is 11.3 Å². The SMILES string of the molecule is COc1ccc2c(c1)[C@](O)([C@@H](C)/C=C/CCn1cc(CCO)nn1)C(=O)N2Cc1cccc(N2CCOC2=O)c1. The van der Waals surface area contributed by atoms with E-state index in [1.165, 1.54) is 0 Å². The van der Waals surface area contributed by atoms with Crippen LogP contribution in [0.25, 0.3) is 0 Å². The van der Waals surface area contributed by atoms with Gasteiger partial charge in [-0.25, -0.2) is 4.79 Å². The highest BCUT2D eigenvalue weighted by atomic mass is 16.6.